The number of amides is 1. The molecule has 0 radical (unpaired) electrons. The highest BCUT2D eigenvalue weighted by Gasteiger charge is 2.49. The lowest BCUT2D eigenvalue weighted by Gasteiger charge is -2.21. The third kappa shape index (κ3) is 1.68. The Morgan fingerprint density at radius 2 is 1.89 bits per heavy atom. The number of guanidine groups is 1. The van der Waals surface area contributed by atoms with Crippen molar-refractivity contribution in [2.75, 3.05) is 0 Å². The van der Waals surface area contributed by atoms with Gasteiger partial charge >= 0.3 is 0 Å². The van der Waals surface area contributed by atoms with Gasteiger partial charge in [-0.1, -0.05) is 43.2 Å². The molecule has 2 aliphatic rings. The van der Waals surface area contributed by atoms with Crippen LogP contribution in [-0.4, -0.2) is 22.3 Å². The molecule has 1 fully saturated rings. The number of carbonyl (C=O) groups excluding carboxylic acids is 1. The predicted octanol–water partition coefficient (Wildman–Crippen LogP) is 1.66. The zero-order chi connectivity index (χ0) is 12.6. The zero-order valence-electron chi connectivity index (χ0n) is 10.3. The minimum absolute atomic E-state index is 0.0846. The maximum absolute atomic E-state index is 12.5. The number of aliphatic imine (C=N–C) groups is 1. The van der Waals surface area contributed by atoms with Gasteiger partial charge in [0, 0.05) is 0 Å². The van der Waals surface area contributed by atoms with Crippen molar-refractivity contribution in [3.63, 3.8) is 0 Å². The number of benzene rings is 1. The van der Waals surface area contributed by atoms with Crippen LogP contribution < -0.4 is 5.73 Å². The molecule has 1 aromatic rings. The molecular weight excluding hydrogens is 226 g/mol. The Kier molecular flexibility index (Phi) is 2.58. The molecule has 4 nitrogen and oxygen atoms in total. The van der Waals surface area contributed by atoms with E-state index in [0.717, 1.165) is 31.2 Å². The van der Waals surface area contributed by atoms with Gasteiger partial charge in [0.2, 0.25) is 0 Å². The number of nitrogens with two attached hydrogens (primary N) is 1. The van der Waals surface area contributed by atoms with Crippen LogP contribution in [0.5, 0.6) is 0 Å². The SMILES string of the molecule is NC1=NC2(CCCC2)C(=O)N1Cc1ccccc1. The van der Waals surface area contributed by atoms with Gasteiger partial charge in [-0.3, -0.25) is 9.69 Å². The van der Waals surface area contributed by atoms with E-state index in [9.17, 15) is 4.79 Å². The lowest BCUT2D eigenvalue weighted by Crippen LogP contribution is -2.42. The summed E-state index contributed by atoms with van der Waals surface area (Å²) < 4.78 is 0. The van der Waals surface area contributed by atoms with Crippen molar-refractivity contribution in [1.29, 1.82) is 0 Å². The first-order valence-corrected chi connectivity index (χ1v) is 6.42. The summed E-state index contributed by atoms with van der Waals surface area (Å²) in [5.41, 5.74) is 6.48. The van der Waals surface area contributed by atoms with Crippen molar-refractivity contribution in [2.45, 2.75) is 37.8 Å². The molecule has 18 heavy (non-hydrogen) atoms. The number of rotatable bonds is 2. The quantitative estimate of drug-likeness (QED) is 0.858. The summed E-state index contributed by atoms with van der Waals surface area (Å²) in [6, 6.07) is 9.90. The summed E-state index contributed by atoms with van der Waals surface area (Å²) in [4.78, 5) is 18.6. The summed E-state index contributed by atoms with van der Waals surface area (Å²) in [6.45, 7) is 0.525. The summed E-state index contributed by atoms with van der Waals surface area (Å²) in [7, 11) is 0. The van der Waals surface area contributed by atoms with Crippen LogP contribution in [0, 0.1) is 0 Å². The maximum Gasteiger partial charge on any atom is 0.257 e. The zero-order valence-corrected chi connectivity index (χ0v) is 10.3. The second-order valence-electron chi connectivity index (χ2n) is 5.09. The van der Waals surface area contributed by atoms with Gasteiger partial charge < -0.3 is 5.73 Å². The molecule has 4 heteroatoms. The van der Waals surface area contributed by atoms with E-state index in [1.807, 2.05) is 30.3 Å². The van der Waals surface area contributed by atoms with Crippen LogP contribution in [0.3, 0.4) is 0 Å². The molecule has 0 saturated heterocycles. The van der Waals surface area contributed by atoms with Crippen molar-refractivity contribution in [2.24, 2.45) is 10.7 Å². The second-order valence-corrected chi connectivity index (χ2v) is 5.09. The van der Waals surface area contributed by atoms with Crippen LogP contribution in [0.2, 0.25) is 0 Å². The highest BCUT2D eigenvalue weighted by molar-refractivity contribution is 6.06. The third-order valence-corrected chi connectivity index (χ3v) is 3.86. The van der Waals surface area contributed by atoms with Gasteiger partial charge in [0.1, 0.15) is 5.54 Å². The van der Waals surface area contributed by atoms with E-state index in [-0.39, 0.29) is 5.91 Å². The molecule has 1 aliphatic heterocycles. The fraction of sp³-hybridized carbons (Fsp3) is 0.429. The first kappa shape index (κ1) is 11.3. The normalized spacial score (nSPS) is 21.7. The van der Waals surface area contributed by atoms with Crippen LogP contribution >= 0.6 is 0 Å². The summed E-state index contributed by atoms with van der Waals surface area (Å²) >= 11 is 0. The van der Waals surface area contributed by atoms with Crippen molar-refractivity contribution < 1.29 is 4.79 Å². The van der Waals surface area contributed by atoms with Crippen molar-refractivity contribution in [3.8, 4) is 0 Å². The first-order chi connectivity index (χ1) is 8.71. The van der Waals surface area contributed by atoms with Crippen LogP contribution in [0.15, 0.2) is 35.3 Å². The monoisotopic (exact) mass is 243 g/mol. The molecule has 1 aliphatic carbocycles. The smallest absolute Gasteiger partial charge is 0.257 e. The standard InChI is InChI=1S/C14H17N3O/c15-13-16-14(8-4-5-9-14)12(18)17(13)10-11-6-2-1-3-7-11/h1-3,6-7H,4-5,8-10H2,(H2,15,16). The maximum atomic E-state index is 12.5. The van der Waals surface area contributed by atoms with Gasteiger partial charge in [-0.2, -0.15) is 0 Å². The van der Waals surface area contributed by atoms with Crippen molar-refractivity contribution in [3.05, 3.63) is 35.9 Å². The van der Waals surface area contributed by atoms with E-state index in [1.54, 1.807) is 4.90 Å². The van der Waals surface area contributed by atoms with Crippen LogP contribution in [0.1, 0.15) is 31.2 Å². The molecule has 0 aromatic heterocycles. The summed E-state index contributed by atoms with van der Waals surface area (Å²) in [6.07, 6.45) is 3.83. The fourth-order valence-electron chi connectivity index (χ4n) is 2.89. The Balaban J connectivity index is 1.83. The topological polar surface area (TPSA) is 58.7 Å². The Labute approximate surface area is 106 Å². The molecule has 94 valence electrons. The summed E-state index contributed by atoms with van der Waals surface area (Å²) in [5.74, 6) is 0.465. The van der Waals surface area contributed by atoms with Crippen molar-refractivity contribution in [1.82, 2.24) is 4.90 Å². The molecule has 0 atom stereocenters. The molecule has 1 amide bonds. The lowest BCUT2D eigenvalue weighted by molar-refractivity contribution is -0.131. The molecule has 2 N–H and O–H groups in total. The molecular formula is C14H17N3O. The van der Waals surface area contributed by atoms with Gasteiger partial charge in [-0.25, -0.2) is 4.99 Å². The molecule has 1 aromatic carbocycles. The Hall–Kier alpha value is -1.84. The Morgan fingerprint density at radius 3 is 2.56 bits per heavy atom. The second kappa shape index (κ2) is 4.12. The summed E-state index contributed by atoms with van der Waals surface area (Å²) in [5, 5.41) is 0. The van der Waals surface area contributed by atoms with Gasteiger partial charge in [0.05, 0.1) is 6.54 Å². The van der Waals surface area contributed by atoms with Gasteiger partial charge in [0.25, 0.3) is 5.91 Å². The number of hydrogen-bond donors (Lipinski definition) is 1. The molecule has 0 unspecified atom stereocenters. The van der Waals surface area contributed by atoms with E-state index in [4.69, 9.17) is 5.73 Å². The largest absolute Gasteiger partial charge is 0.369 e. The minimum Gasteiger partial charge on any atom is -0.369 e. The highest BCUT2D eigenvalue weighted by Crippen LogP contribution is 2.38. The van der Waals surface area contributed by atoms with Gasteiger partial charge in [0.15, 0.2) is 5.96 Å². The van der Waals surface area contributed by atoms with Crippen LogP contribution in [0.4, 0.5) is 0 Å². The van der Waals surface area contributed by atoms with Gasteiger partial charge in [-0.05, 0) is 18.4 Å². The Bertz CT molecular complexity index is 489. The Morgan fingerprint density at radius 1 is 1.22 bits per heavy atom. The van der Waals surface area contributed by atoms with E-state index in [1.165, 1.54) is 0 Å². The number of nitrogens with zero attached hydrogens (tertiary/aromatic N) is 2. The average Bonchev–Trinajstić information content (AvgIpc) is 2.93. The molecule has 0 bridgehead atoms. The van der Waals surface area contributed by atoms with Crippen LogP contribution in [0.25, 0.3) is 0 Å². The van der Waals surface area contributed by atoms with Gasteiger partial charge in [-0.15, -0.1) is 0 Å². The van der Waals surface area contributed by atoms with Crippen LogP contribution in [-0.2, 0) is 11.3 Å². The molecule has 1 saturated carbocycles. The van der Waals surface area contributed by atoms with E-state index in [0.29, 0.717) is 12.5 Å². The number of hydrogen-bond acceptors (Lipinski definition) is 3. The highest BCUT2D eigenvalue weighted by atomic mass is 16.2. The third-order valence-electron chi connectivity index (χ3n) is 3.86. The van der Waals surface area contributed by atoms with E-state index >= 15 is 0 Å². The molecule has 1 spiro atoms. The fourth-order valence-corrected chi connectivity index (χ4v) is 2.89. The average molecular weight is 243 g/mol. The van der Waals surface area contributed by atoms with Crippen molar-refractivity contribution >= 4 is 11.9 Å². The molecule has 1 heterocycles. The van der Waals surface area contributed by atoms with E-state index in [2.05, 4.69) is 4.99 Å². The lowest BCUT2D eigenvalue weighted by atomic mass is 9.98. The van der Waals surface area contributed by atoms with E-state index < -0.39 is 5.54 Å². The predicted molar refractivity (Wildman–Crippen MR) is 69.8 cm³/mol. The first-order valence-electron chi connectivity index (χ1n) is 6.42. The number of carbonyl (C=O) groups is 1. The molecule has 3 rings (SSSR count). The minimum atomic E-state index is -0.529.